The van der Waals surface area contributed by atoms with Crippen molar-refractivity contribution in [3.05, 3.63) is 57.1 Å². The molecule has 0 heterocycles. The minimum atomic E-state index is 0.457. The van der Waals surface area contributed by atoms with Gasteiger partial charge in [0.15, 0.2) is 0 Å². The highest BCUT2D eigenvalue weighted by atomic mass is 35.5. The van der Waals surface area contributed by atoms with Gasteiger partial charge in [-0.05, 0) is 54.8 Å². The van der Waals surface area contributed by atoms with Crippen LogP contribution in [0.4, 0.5) is 0 Å². The number of rotatable bonds is 3. The maximum atomic E-state index is 6.19. The lowest BCUT2D eigenvalue weighted by molar-refractivity contribution is 0.475. The molecule has 0 saturated carbocycles. The van der Waals surface area contributed by atoms with E-state index in [0.29, 0.717) is 22.3 Å². The molecule has 0 aliphatic heterocycles. The summed E-state index contributed by atoms with van der Waals surface area (Å²) in [7, 11) is 0. The molecule has 0 radical (unpaired) electrons. The molecular formula is C15H15Cl2NO. The van der Waals surface area contributed by atoms with E-state index in [9.17, 15) is 0 Å². The van der Waals surface area contributed by atoms with Crippen molar-refractivity contribution in [2.75, 3.05) is 0 Å². The van der Waals surface area contributed by atoms with E-state index in [1.54, 1.807) is 0 Å². The Morgan fingerprint density at radius 3 is 2.21 bits per heavy atom. The molecule has 2 nitrogen and oxygen atoms in total. The highest BCUT2D eigenvalue weighted by Crippen LogP contribution is 2.35. The Kier molecular flexibility index (Phi) is 4.35. The van der Waals surface area contributed by atoms with Crippen LogP contribution in [-0.2, 0) is 6.54 Å². The molecule has 2 rings (SSSR count). The number of ether oxygens (including phenoxy) is 1. The third kappa shape index (κ3) is 3.21. The summed E-state index contributed by atoms with van der Waals surface area (Å²) in [5, 5.41) is 1.25. The molecule has 4 heteroatoms. The Morgan fingerprint density at radius 2 is 1.68 bits per heavy atom. The second-order valence-corrected chi connectivity index (χ2v) is 5.28. The lowest BCUT2D eigenvalue weighted by Crippen LogP contribution is -1.97. The van der Waals surface area contributed by atoms with E-state index in [2.05, 4.69) is 0 Å². The zero-order chi connectivity index (χ0) is 14.0. The van der Waals surface area contributed by atoms with Crippen LogP contribution in [0.15, 0.2) is 30.3 Å². The van der Waals surface area contributed by atoms with Gasteiger partial charge in [-0.15, -0.1) is 0 Å². The smallest absolute Gasteiger partial charge is 0.146 e. The largest absolute Gasteiger partial charge is 0.455 e. The molecule has 0 unspecified atom stereocenters. The average Bonchev–Trinajstić information content (AvgIpc) is 2.35. The van der Waals surface area contributed by atoms with Gasteiger partial charge in [0.1, 0.15) is 11.5 Å². The molecule has 0 saturated heterocycles. The van der Waals surface area contributed by atoms with Gasteiger partial charge < -0.3 is 10.5 Å². The van der Waals surface area contributed by atoms with Gasteiger partial charge in [0.05, 0.1) is 5.02 Å². The normalized spacial score (nSPS) is 10.6. The van der Waals surface area contributed by atoms with E-state index in [0.717, 1.165) is 22.4 Å². The maximum Gasteiger partial charge on any atom is 0.146 e. The number of benzene rings is 2. The van der Waals surface area contributed by atoms with Gasteiger partial charge in [-0.25, -0.2) is 0 Å². The average molecular weight is 296 g/mol. The van der Waals surface area contributed by atoms with Crippen LogP contribution in [0.2, 0.25) is 10.0 Å². The van der Waals surface area contributed by atoms with Gasteiger partial charge in [-0.3, -0.25) is 0 Å². The second kappa shape index (κ2) is 5.83. The van der Waals surface area contributed by atoms with Crippen molar-refractivity contribution in [2.45, 2.75) is 20.4 Å². The van der Waals surface area contributed by atoms with Crippen molar-refractivity contribution in [1.82, 2.24) is 0 Å². The highest BCUT2D eigenvalue weighted by molar-refractivity contribution is 6.32. The molecule has 19 heavy (non-hydrogen) atoms. The monoisotopic (exact) mass is 295 g/mol. The quantitative estimate of drug-likeness (QED) is 0.877. The summed E-state index contributed by atoms with van der Waals surface area (Å²) in [6.45, 7) is 4.37. The van der Waals surface area contributed by atoms with Crippen LogP contribution in [0, 0.1) is 13.8 Å². The fourth-order valence-electron chi connectivity index (χ4n) is 1.92. The van der Waals surface area contributed by atoms with Crippen molar-refractivity contribution in [2.24, 2.45) is 5.73 Å². The maximum absolute atomic E-state index is 6.19. The number of hydrogen-bond acceptors (Lipinski definition) is 2. The van der Waals surface area contributed by atoms with Gasteiger partial charge >= 0.3 is 0 Å². The summed E-state index contributed by atoms with van der Waals surface area (Å²) < 4.78 is 5.89. The van der Waals surface area contributed by atoms with Crippen LogP contribution < -0.4 is 10.5 Å². The third-order valence-electron chi connectivity index (χ3n) is 2.87. The third-order valence-corrected chi connectivity index (χ3v) is 3.38. The molecule has 0 atom stereocenters. The van der Waals surface area contributed by atoms with E-state index in [4.69, 9.17) is 33.7 Å². The van der Waals surface area contributed by atoms with Gasteiger partial charge in [-0.1, -0.05) is 29.3 Å². The van der Waals surface area contributed by atoms with E-state index in [-0.39, 0.29) is 0 Å². The summed E-state index contributed by atoms with van der Waals surface area (Å²) in [6, 6.07) is 9.29. The number of aryl methyl sites for hydroxylation is 2. The molecule has 0 amide bonds. The van der Waals surface area contributed by atoms with Gasteiger partial charge in [-0.2, -0.15) is 0 Å². The first-order valence-corrected chi connectivity index (χ1v) is 6.70. The minimum Gasteiger partial charge on any atom is -0.455 e. The summed E-state index contributed by atoms with van der Waals surface area (Å²) in [6.07, 6.45) is 0. The predicted molar refractivity (Wildman–Crippen MR) is 80.3 cm³/mol. The molecule has 0 bridgehead atoms. The summed E-state index contributed by atoms with van der Waals surface area (Å²) in [4.78, 5) is 0. The van der Waals surface area contributed by atoms with Crippen molar-refractivity contribution in [1.29, 1.82) is 0 Å². The van der Waals surface area contributed by atoms with Crippen LogP contribution in [0.3, 0.4) is 0 Å². The summed E-state index contributed by atoms with van der Waals surface area (Å²) in [5.74, 6) is 1.40. The SMILES string of the molecule is Cc1cc(Cl)cc(C)c1Oc1ccc(CN)cc1Cl. The van der Waals surface area contributed by atoms with Crippen LogP contribution in [0.5, 0.6) is 11.5 Å². The molecular weight excluding hydrogens is 281 g/mol. The lowest BCUT2D eigenvalue weighted by Gasteiger charge is -2.13. The van der Waals surface area contributed by atoms with Gasteiger partial charge in [0.25, 0.3) is 0 Å². The van der Waals surface area contributed by atoms with Crippen LogP contribution in [0.1, 0.15) is 16.7 Å². The number of halogens is 2. The first-order valence-electron chi connectivity index (χ1n) is 5.94. The van der Waals surface area contributed by atoms with Crippen LogP contribution in [-0.4, -0.2) is 0 Å². The number of nitrogens with two attached hydrogens (primary N) is 1. The van der Waals surface area contributed by atoms with Crippen molar-refractivity contribution in [3.8, 4) is 11.5 Å². The van der Waals surface area contributed by atoms with Crippen molar-refractivity contribution < 1.29 is 4.74 Å². The Bertz CT molecular complexity index is 588. The molecule has 0 aromatic heterocycles. The Hall–Kier alpha value is -1.22. The van der Waals surface area contributed by atoms with Gasteiger partial charge in [0.2, 0.25) is 0 Å². The van der Waals surface area contributed by atoms with E-state index < -0.39 is 0 Å². The predicted octanol–water partition coefficient (Wildman–Crippen LogP) is 4.86. The van der Waals surface area contributed by atoms with E-state index in [1.807, 2.05) is 44.2 Å². The molecule has 0 fully saturated rings. The molecule has 2 aromatic carbocycles. The van der Waals surface area contributed by atoms with Gasteiger partial charge in [0, 0.05) is 11.6 Å². The topological polar surface area (TPSA) is 35.2 Å². The fraction of sp³-hybridized carbons (Fsp3) is 0.200. The van der Waals surface area contributed by atoms with E-state index >= 15 is 0 Å². The minimum absolute atomic E-state index is 0.457. The Balaban J connectivity index is 2.36. The first-order chi connectivity index (χ1) is 9.01. The zero-order valence-corrected chi connectivity index (χ0v) is 12.3. The highest BCUT2D eigenvalue weighted by Gasteiger charge is 2.10. The lowest BCUT2D eigenvalue weighted by atomic mass is 10.1. The Morgan fingerprint density at radius 1 is 1.05 bits per heavy atom. The fourth-order valence-corrected chi connectivity index (χ4v) is 2.49. The van der Waals surface area contributed by atoms with E-state index in [1.165, 1.54) is 0 Å². The summed E-state index contributed by atoms with van der Waals surface area (Å²) >= 11 is 12.2. The molecule has 0 aliphatic rings. The van der Waals surface area contributed by atoms with Crippen molar-refractivity contribution in [3.63, 3.8) is 0 Å². The molecule has 100 valence electrons. The molecule has 0 spiro atoms. The molecule has 2 aromatic rings. The Labute approximate surface area is 123 Å². The number of hydrogen-bond donors (Lipinski definition) is 1. The first kappa shape index (κ1) is 14.2. The molecule has 2 N–H and O–H groups in total. The summed E-state index contributed by atoms with van der Waals surface area (Å²) in [5.41, 5.74) is 8.50. The van der Waals surface area contributed by atoms with Crippen LogP contribution in [0.25, 0.3) is 0 Å². The van der Waals surface area contributed by atoms with Crippen LogP contribution >= 0.6 is 23.2 Å². The zero-order valence-electron chi connectivity index (χ0n) is 10.8. The standard InChI is InChI=1S/C15H15Cl2NO/c1-9-5-12(16)6-10(2)15(9)19-14-4-3-11(8-18)7-13(14)17/h3-7H,8,18H2,1-2H3. The second-order valence-electron chi connectivity index (χ2n) is 4.44. The van der Waals surface area contributed by atoms with Crippen molar-refractivity contribution >= 4 is 23.2 Å². The molecule has 0 aliphatic carbocycles.